The first-order valence-electron chi connectivity index (χ1n) is 4.67. The summed E-state index contributed by atoms with van der Waals surface area (Å²) in [5.74, 6) is -0.0899. The van der Waals surface area contributed by atoms with Gasteiger partial charge in [-0.15, -0.1) is 0 Å². The number of ether oxygens (including phenoxy) is 1. The smallest absolute Gasteiger partial charge is 0.224 e. The van der Waals surface area contributed by atoms with Gasteiger partial charge in [0.05, 0.1) is 12.1 Å². The van der Waals surface area contributed by atoms with Gasteiger partial charge in [-0.1, -0.05) is 6.92 Å². The zero-order valence-corrected chi connectivity index (χ0v) is 8.30. The highest BCUT2D eigenvalue weighted by atomic mass is 16.5. The second-order valence-electron chi connectivity index (χ2n) is 3.99. The van der Waals surface area contributed by atoms with Crippen molar-refractivity contribution in [3.8, 4) is 0 Å². The van der Waals surface area contributed by atoms with Crippen molar-refractivity contribution in [2.45, 2.75) is 25.8 Å². The van der Waals surface area contributed by atoms with Gasteiger partial charge < -0.3 is 15.8 Å². The lowest BCUT2D eigenvalue weighted by Gasteiger charge is -2.25. The molecule has 0 aromatic rings. The maximum absolute atomic E-state index is 11.5. The lowest BCUT2D eigenvalue weighted by molar-refractivity contribution is -0.126. The first-order chi connectivity index (χ1) is 6.07. The first kappa shape index (κ1) is 10.5. The van der Waals surface area contributed by atoms with Crippen LogP contribution in [0, 0.1) is 5.92 Å². The van der Waals surface area contributed by atoms with Crippen LogP contribution in [0.4, 0.5) is 0 Å². The van der Waals surface area contributed by atoms with Crippen molar-refractivity contribution in [1.82, 2.24) is 5.32 Å². The third kappa shape index (κ3) is 2.67. The van der Waals surface area contributed by atoms with Crippen molar-refractivity contribution in [1.29, 1.82) is 0 Å². The van der Waals surface area contributed by atoms with E-state index < -0.39 is 0 Å². The van der Waals surface area contributed by atoms with E-state index in [9.17, 15) is 4.79 Å². The van der Waals surface area contributed by atoms with Gasteiger partial charge in [-0.25, -0.2) is 0 Å². The summed E-state index contributed by atoms with van der Waals surface area (Å²) in [5.41, 5.74) is 5.22. The molecule has 3 N–H and O–H groups in total. The van der Waals surface area contributed by atoms with Crippen molar-refractivity contribution < 1.29 is 9.53 Å². The molecule has 13 heavy (non-hydrogen) atoms. The van der Waals surface area contributed by atoms with Gasteiger partial charge in [-0.2, -0.15) is 0 Å². The average Bonchev–Trinajstić information content (AvgIpc) is 2.50. The number of rotatable bonds is 3. The highest BCUT2D eigenvalue weighted by Crippen LogP contribution is 2.17. The maximum atomic E-state index is 11.5. The van der Waals surface area contributed by atoms with Gasteiger partial charge in [-0.3, -0.25) is 4.79 Å². The number of hydrogen-bond donors (Lipinski definition) is 2. The number of nitrogens with two attached hydrogens (primary N) is 1. The van der Waals surface area contributed by atoms with Crippen LogP contribution in [0.15, 0.2) is 0 Å². The molecule has 0 radical (unpaired) electrons. The molecule has 4 nitrogen and oxygen atoms in total. The van der Waals surface area contributed by atoms with E-state index in [1.165, 1.54) is 0 Å². The molecule has 0 spiro atoms. The van der Waals surface area contributed by atoms with Crippen LogP contribution < -0.4 is 11.1 Å². The van der Waals surface area contributed by atoms with E-state index in [1.54, 1.807) is 0 Å². The van der Waals surface area contributed by atoms with E-state index in [0.717, 1.165) is 13.0 Å². The minimum atomic E-state index is -0.180. The van der Waals surface area contributed by atoms with Crippen molar-refractivity contribution in [3.63, 3.8) is 0 Å². The zero-order valence-electron chi connectivity index (χ0n) is 8.30. The van der Waals surface area contributed by atoms with Gasteiger partial charge in [0.2, 0.25) is 5.91 Å². The molecule has 2 atom stereocenters. The van der Waals surface area contributed by atoms with Gasteiger partial charge in [0.1, 0.15) is 0 Å². The summed E-state index contributed by atoms with van der Waals surface area (Å²) < 4.78 is 5.23. The summed E-state index contributed by atoms with van der Waals surface area (Å²) in [7, 11) is 0. The molecule has 0 saturated carbocycles. The molecule has 4 heteroatoms. The molecule has 1 heterocycles. The van der Waals surface area contributed by atoms with Crippen LogP contribution in [0.1, 0.15) is 20.3 Å². The van der Waals surface area contributed by atoms with Crippen molar-refractivity contribution in [2.24, 2.45) is 11.7 Å². The van der Waals surface area contributed by atoms with E-state index in [-0.39, 0.29) is 17.4 Å². The molecular weight excluding hydrogens is 168 g/mol. The Bertz CT molecular complexity index is 188. The predicted molar refractivity (Wildman–Crippen MR) is 50.2 cm³/mol. The van der Waals surface area contributed by atoms with Crippen LogP contribution >= 0.6 is 0 Å². The lowest BCUT2D eigenvalue weighted by Crippen LogP contribution is -2.49. The van der Waals surface area contributed by atoms with E-state index >= 15 is 0 Å². The maximum Gasteiger partial charge on any atom is 0.224 e. The van der Waals surface area contributed by atoms with Crippen LogP contribution in [0.3, 0.4) is 0 Å². The molecule has 1 amide bonds. The summed E-state index contributed by atoms with van der Waals surface area (Å²) in [4.78, 5) is 11.5. The fourth-order valence-electron chi connectivity index (χ4n) is 1.29. The number of carbonyl (C=O) groups excluding carboxylic acids is 1. The second-order valence-corrected chi connectivity index (χ2v) is 3.99. The SMILES string of the molecule is CC(CN)C(=O)NC1(C)CCOC1. The summed E-state index contributed by atoms with van der Waals surface area (Å²) in [6.07, 6.45) is 0.885. The number of carbonyl (C=O) groups is 1. The van der Waals surface area contributed by atoms with Crippen molar-refractivity contribution >= 4 is 5.91 Å². The van der Waals surface area contributed by atoms with Crippen molar-refractivity contribution in [2.75, 3.05) is 19.8 Å². The van der Waals surface area contributed by atoms with Gasteiger partial charge in [0.25, 0.3) is 0 Å². The van der Waals surface area contributed by atoms with Crippen LogP contribution in [-0.2, 0) is 9.53 Å². The monoisotopic (exact) mass is 186 g/mol. The Hall–Kier alpha value is -0.610. The van der Waals surface area contributed by atoms with Crippen LogP contribution in [0.2, 0.25) is 0 Å². The Labute approximate surface area is 78.8 Å². The third-order valence-electron chi connectivity index (χ3n) is 2.44. The summed E-state index contributed by atoms with van der Waals surface area (Å²) in [5, 5.41) is 2.96. The Morgan fingerprint density at radius 2 is 2.46 bits per heavy atom. The molecule has 0 aromatic heterocycles. The fraction of sp³-hybridized carbons (Fsp3) is 0.889. The van der Waals surface area contributed by atoms with E-state index in [1.807, 2.05) is 13.8 Å². The largest absolute Gasteiger partial charge is 0.379 e. The Balaban J connectivity index is 2.43. The second kappa shape index (κ2) is 4.07. The highest BCUT2D eigenvalue weighted by Gasteiger charge is 2.32. The third-order valence-corrected chi connectivity index (χ3v) is 2.44. The molecule has 0 aromatic carbocycles. The lowest BCUT2D eigenvalue weighted by atomic mass is 10.0. The summed E-state index contributed by atoms with van der Waals surface area (Å²) in [6, 6.07) is 0. The molecule has 0 bridgehead atoms. The fourth-order valence-corrected chi connectivity index (χ4v) is 1.29. The van der Waals surface area contributed by atoms with Crippen LogP contribution in [-0.4, -0.2) is 31.2 Å². The van der Waals surface area contributed by atoms with Crippen LogP contribution in [0.25, 0.3) is 0 Å². The Kier molecular flexibility index (Phi) is 3.27. The highest BCUT2D eigenvalue weighted by molar-refractivity contribution is 5.79. The summed E-state index contributed by atoms with van der Waals surface area (Å²) >= 11 is 0. The molecule has 1 fully saturated rings. The molecule has 1 saturated heterocycles. The molecule has 76 valence electrons. The zero-order chi connectivity index (χ0) is 9.90. The van der Waals surface area contributed by atoms with E-state index in [4.69, 9.17) is 10.5 Å². The molecule has 1 aliphatic heterocycles. The van der Waals surface area contributed by atoms with Gasteiger partial charge >= 0.3 is 0 Å². The van der Waals surface area contributed by atoms with Gasteiger partial charge in [-0.05, 0) is 13.3 Å². The van der Waals surface area contributed by atoms with Crippen LogP contribution in [0.5, 0.6) is 0 Å². The molecular formula is C9H18N2O2. The van der Waals surface area contributed by atoms with Gasteiger partial charge in [0.15, 0.2) is 0 Å². The molecule has 1 aliphatic rings. The number of hydrogen-bond acceptors (Lipinski definition) is 3. The first-order valence-corrected chi connectivity index (χ1v) is 4.67. The van der Waals surface area contributed by atoms with Crippen molar-refractivity contribution in [3.05, 3.63) is 0 Å². The Morgan fingerprint density at radius 1 is 1.77 bits per heavy atom. The van der Waals surface area contributed by atoms with Gasteiger partial charge in [0, 0.05) is 19.1 Å². The molecule has 2 unspecified atom stereocenters. The minimum absolute atomic E-state index is 0.0236. The predicted octanol–water partition coefficient (Wildman–Crippen LogP) is -0.124. The number of nitrogens with one attached hydrogen (secondary N) is 1. The topological polar surface area (TPSA) is 64.4 Å². The van der Waals surface area contributed by atoms with E-state index in [2.05, 4.69) is 5.32 Å². The molecule has 0 aliphatic carbocycles. The standard InChI is InChI=1S/C9H18N2O2/c1-7(5-10)8(12)11-9(2)3-4-13-6-9/h7H,3-6,10H2,1-2H3,(H,11,12). The normalized spacial score (nSPS) is 30.1. The van der Waals surface area contributed by atoms with E-state index in [0.29, 0.717) is 13.2 Å². The average molecular weight is 186 g/mol. The minimum Gasteiger partial charge on any atom is -0.379 e. The Morgan fingerprint density at radius 3 is 2.92 bits per heavy atom. The summed E-state index contributed by atoms with van der Waals surface area (Å²) in [6.45, 7) is 5.56. The quantitative estimate of drug-likeness (QED) is 0.645. The molecule has 1 rings (SSSR count). The number of amides is 1.